The zero-order valence-electron chi connectivity index (χ0n) is 17.8. The topological polar surface area (TPSA) is 74.1 Å². The van der Waals surface area contributed by atoms with E-state index in [4.69, 9.17) is 21.1 Å². The van der Waals surface area contributed by atoms with Crippen molar-refractivity contribution in [2.24, 2.45) is 7.05 Å². The standard InChI is InChI=1S/C21H26ClN5O2S.ClH/c1-15-5-7-16(8-6-15)14-29-20-18(22)11-17(12-19(20)28-3)13-23-9-4-10-30-21-24-25-26-27(21)2;/h5-8,11-12,23H,4,9-10,13-14H2,1-3H3;1H. The van der Waals surface area contributed by atoms with E-state index in [1.165, 1.54) is 5.56 Å². The van der Waals surface area contributed by atoms with E-state index in [-0.39, 0.29) is 12.4 Å². The third-order valence-electron chi connectivity index (χ3n) is 4.43. The molecule has 0 aliphatic heterocycles. The molecular weight excluding hydrogens is 457 g/mol. The zero-order chi connectivity index (χ0) is 21.3. The van der Waals surface area contributed by atoms with Crippen LogP contribution < -0.4 is 14.8 Å². The minimum absolute atomic E-state index is 0. The molecular formula is C21H27Cl2N5O2S. The summed E-state index contributed by atoms with van der Waals surface area (Å²) in [5.74, 6) is 2.14. The average molecular weight is 484 g/mol. The summed E-state index contributed by atoms with van der Waals surface area (Å²) >= 11 is 8.13. The number of nitrogens with zero attached hydrogens (tertiary/aromatic N) is 4. The van der Waals surface area contributed by atoms with Crippen molar-refractivity contribution in [3.8, 4) is 11.5 Å². The number of ether oxygens (including phenoxy) is 2. The molecule has 3 aromatic rings. The predicted molar refractivity (Wildman–Crippen MR) is 127 cm³/mol. The van der Waals surface area contributed by atoms with Crippen molar-refractivity contribution in [3.05, 3.63) is 58.1 Å². The monoisotopic (exact) mass is 483 g/mol. The lowest BCUT2D eigenvalue weighted by atomic mass is 10.1. The molecule has 2 aromatic carbocycles. The Kier molecular flexibility index (Phi) is 10.4. The molecule has 10 heteroatoms. The van der Waals surface area contributed by atoms with Crippen molar-refractivity contribution in [2.45, 2.75) is 31.7 Å². The second-order valence-electron chi connectivity index (χ2n) is 6.85. The molecule has 1 aromatic heterocycles. The van der Waals surface area contributed by atoms with Crippen LogP contribution in [-0.2, 0) is 20.2 Å². The third kappa shape index (κ3) is 7.57. The van der Waals surface area contributed by atoms with E-state index in [1.807, 2.05) is 31.3 Å². The smallest absolute Gasteiger partial charge is 0.209 e. The predicted octanol–water partition coefficient (Wildman–Crippen LogP) is 4.45. The van der Waals surface area contributed by atoms with E-state index in [2.05, 4.69) is 39.9 Å². The lowest BCUT2D eigenvalue weighted by molar-refractivity contribution is 0.284. The summed E-state index contributed by atoms with van der Waals surface area (Å²) in [6.07, 6.45) is 1.00. The van der Waals surface area contributed by atoms with Crippen molar-refractivity contribution in [3.63, 3.8) is 0 Å². The minimum atomic E-state index is 0. The molecule has 0 atom stereocenters. The van der Waals surface area contributed by atoms with Crippen LogP contribution in [0.5, 0.6) is 11.5 Å². The van der Waals surface area contributed by atoms with Gasteiger partial charge in [-0.15, -0.1) is 17.5 Å². The molecule has 31 heavy (non-hydrogen) atoms. The average Bonchev–Trinajstić information content (AvgIpc) is 3.15. The molecule has 0 spiro atoms. The number of hydrogen-bond acceptors (Lipinski definition) is 7. The van der Waals surface area contributed by atoms with Gasteiger partial charge in [-0.1, -0.05) is 53.2 Å². The van der Waals surface area contributed by atoms with Gasteiger partial charge in [0.2, 0.25) is 5.16 Å². The number of benzene rings is 2. The molecule has 1 N–H and O–H groups in total. The van der Waals surface area contributed by atoms with Crippen LogP contribution >= 0.6 is 35.8 Å². The van der Waals surface area contributed by atoms with Gasteiger partial charge in [-0.25, -0.2) is 4.68 Å². The summed E-state index contributed by atoms with van der Waals surface area (Å²) in [5.41, 5.74) is 3.35. The van der Waals surface area contributed by atoms with Crippen LogP contribution in [-0.4, -0.2) is 39.6 Å². The van der Waals surface area contributed by atoms with Crippen LogP contribution in [0.4, 0.5) is 0 Å². The highest BCUT2D eigenvalue weighted by Gasteiger charge is 2.12. The Morgan fingerprint density at radius 3 is 2.61 bits per heavy atom. The van der Waals surface area contributed by atoms with Crippen LogP contribution in [0.1, 0.15) is 23.1 Å². The first-order valence-corrected chi connectivity index (χ1v) is 11.0. The van der Waals surface area contributed by atoms with Gasteiger partial charge in [0.25, 0.3) is 0 Å². The maximum atomic E-state index is 6.48. The van der Waals surface area contributed by atoms with Gasteiger partial charge in [0.05, 0.1) is 12.1 Å². The molecule has 0 aliphatic carbocycles. The SMILES string of the molecule is COc1cc(CNCCCSc2nnnn2C)cc(Cl)c1OCc1ccc(C)cc1.Cl. The Balaban J connectivity index is 0.00000341. The summed E-state index contributed by atoms with van der Waals surface area (Å²) < 4.78 is 13.1. The molecule has 0 aliphatic rings. The van der Waals surface area contributed by atoms with Gasteiger partial charge in [-0.3, -0.25) is 0 Å². The maximum Gasteiger partial charge on any atom is 0.209 e. The number of aromatic nitrogens is 4. The highest BCUT2D eigenvalue weighted by molar-refractivity contribution is 7.99. The minimum Gasteiger partial charge on any atom is -0.493 e. The third-order valence-corrected chi connectivity index (χ3v) is 5.81. The molecule has 0 saturated carbocycles. The summed E-state index contributed by atoms with van der Waals surface area (Å²) in [5, 5.41) is 16.2. The quantitative estimate of drug-likeness (QED) is 0.318. The Morgan fingerprint density at radius 1 is 1.16 bits per heavy atom. The first-order chi connectivity index (χ1) is 14.6. The van der Waals surface area contributed by atoms with E-state index in [0.717, 1.165) is 35.0 Å². The number of tetrazole rings is 1. The number of hydrogen-bond donors (Lipinski definition) is 1. The van der Waals surface area contributed by atoms with E-state index >= 15 is 0 Å². The van der Waals surface area contributed by atoms with Gasteiger partial charge < -0.3 is 14.8 Å². The molecule has 0 fully saturated rings. The Labute approximate surface area is 198 Å². The lowest BCUT2D eigenvalue weighted by Crippen LogP contribution is -2.15. The number of methoxy groups -OCH3 is 1. The highest BCUT2D eigenvalue weighted by atomic mass is 35.5. The van der Waals surface area contributed by atoms with Gasteiger partial charge in [-0.05, 0) is 53.6 Å². The number of thioether (sulfide) groups is 1. The molecule has 7 nitrogen and oxygen atoms in total. The van der Waals surface area contributed by atoms with Crippen molar-refractivity contribution in [2.75, 3.05) is 19.4 Å². The largest absolute Gasteiger partial charge is 0.493 e. The lowest BCUT2D eigenvalue weighted by Gasteiger charge is -2.15. The van der Waals surface area contributed by atoms with E-state index < -0.39 is 0 Å². The van der Waals surface area contributed by atoms with Crippen LogP contribution in [0.25, 0.3) is 0 Å². The van der Waals surface area contributed by atoms with Gasteiger partial charge in [-0.2, -0.15) is 0 Å². The summed E-state index contributed by atoms with van der Waals surface area (Å²) in [6.45, 7) is 4.08. The van der Waals surface area contributed by atoms with Gasteiger partial charge in [0, 0.05) is 19.3 Å². The first-order valence-electron chi connectivity index (χ1n) is 9.67. The maximum absolute atomic E-state index is 6.48. The Hall–Kier alpha value is -2.00. The van der Waals surface area contributed by atoms with Crippen LogP contribution in [0.2, 0.25) is 5.02 Å². The second-order valence-corrected chi connectivity index (χ2v) is 8.32. The van der Waals surface area contributed by atoms with Crippen molar-refractivity contribution >= 4 is 35.8 Å². The molecule has 0 unspecified atom stereocenters. The van der Waals surface area contributed by atoms with Crippen LogP contribution in [0.15, 0.2) is 41.6 Å². The summed E-state index contributed by atoms with van der Waals surface area (Å²) in [4.78, 5) is 0. The van der Waals surface area contributed by atoms with Gasteiger partial charge >= 0.3 is 0 Å². The second kappa shape index (κ2) is 12.8. The van der Waals surface area contributed by atoms with Gasteiger partial charge in [0.1, 0.15) is 6.61 Å². The number of aryl methyl sites for hydroxylation is 2. The molecule has 3 rings (SSSR count). The van der Waals surface area contributed by atoms with Crippen molar-refractivity contribution in [1.82, 2.24) is 25.5 Å². The Morgan fingerprint density at radius 2 is 1.94 bits per heavy atom. The molecule has 0 bridgehead atoms. The van der Waals surface area contributed by atoms with Crippen LogP contribution in [0.3, 0.4) is 0 Å². The zero-order valence-corrected chi connectivity index (χ0v) is 20.2. The van der Waals surface area contributed by atoms with E-state index in [9.17, 15) is 0 Å². The van der Waals surface area contributed by atoms with Crippen molar-refractivity contribution < 1.29 is 9.47 Å². The van der Waals surface area contributed by atoms with E-state index in [0.29, 0.717) is 29.7 Å². The fraction of sp³-hybridized carbons (Fsp3) is 0.381. The normalized spacial score (nSPS) is 10.6. The number of halogens is 2. The van der Waals surface area contributed by atoms with Crippen molar-refractivity contribution in [1.29, 1.82) is 0 Å². The summed E-state index contributed by atoms with van der Waals surface area (Å²) in [7, 11) is 3.46. The van der Waals surface area contributed by atoms with E-state index in [1.54, 1.807) is 23.6 Å². The molecule has 0 amide bonds. The molecule has 1 heterocycles. The fourth-order valence-corrected chi connectivity index (χ4v) is 3.87. The molecule has 0 saturated heterocycles. The van der Waals surface area contributed by atoms with Crippen LogP contribution in [0, 0.1) is 6.92 Å². The van der Waals surface area contributed by atoms with Gasteiger partial charge in [0.15, 0.2) is 11.5 Å². The highest BCUT2D eigenvalue weighted by Crippen LogP contribution is 2.37. The first kappa shape index (κ1) is 25.3. The number of rotatable bonds is 11. The number of nitrogens with one attached hydrogen (secondary N) is 1. The summed E-state index contributed by atoms with van der Waals surface area (Å²) in [6, 6.07) is 12.1. The Bertz CT molecular complexity index is 953. The molecule has 0 radical (unpaired) electrons. The fourth-order valence-electron chi connectivity index (χ4n) is 2.79. The molecule has 168 valence electrons.